The lowest BCUT2D eigenvalue weighted by molar-refractivity contribution is -0.124. The summed E-state index contributed by atoms with van der Waals surface area (Å²) in [7, 11) is 0. The molecular formula is C19H20F3N3O2. The zero-order valence-electron chi connectivity index (χ0n) is 14.4. The molecule has 0 aromatic heterocycles. The van der Waals surface area contributed by atoms with E-state index in [4.69, 9.17) is 0 Å². The Balaban J connectivity index is 1.50. The summed E-state index contributed by atoms with van der Waals surface area (Å²) in [5.74, 6) is -0.657. The molecule has 2 aromatic carbocycles. The van der Waals surface area contributed by atoms with Gasteiger partial charge in [-0.15, -0.1) is 0 Å². The van der Waals surface area contributed by atoms with Crippen molar-refractivity contribution in [3.8, 4) is 5.75 Å². The molecule has 0 aliphatic carbocycles. The van der Waals surface area contributed by atoms with Crippen LogP contribution in [0.4, 0.5) is 13.2 Å². The lowest BCUT2D eigenvalue weighted by Crippen LogP contribution is -2.36. The van der Waals surface area contributed by atoms with Crippen molar-refractivity contribution in [2.24, 2.45) is 5.92 Å². The number of alkyl halides is 2. The lowest BCUT2D eigenvalue weighted by atomic mass is 9.94. The molecule has 1 heterocycles. The van der Waals surface area contributed by atoms with E-state index in [9.17, 15) is 18.0 Å². The Labute approximate surface area is 154 Å². The largest absolute Gasteiger partial charge is 0.435 e. The normalized spacial score (nSPS) is 19.3. The molecule has 144 valence electrons. The molecule has 0 spiro atoms. The van der Waals surface area contributed by atoms with Gasteiger partial charge in [0, 0.05) is 13.1 Å². The van der Waals surface area contributed by atoms with Crippen molar-refractivity contribution in [1.82, 2.24) is 16.2 Å². The van der Waals surface area contributed by atoms with Crippen LogP contribution in [0.25, 0.3) is 0 Å². The first-order chi connectivity index (χ1) is 13.0. The van der Waals surface area contributed by atoms with E-state index in [0.29, 0.717) is 19.5 Å². The van der Waals surface area contributed by atoms with E-state index in [0.717, 1.165) is 11.1 Å². The second-order valence-electron chi connectivity index (χ2n) is 6.22. The summed E-state index contributed by atoms with van der Waals surface area (Å²) in [5.41, 5.74) is 7.74. The number of benzene rings is 2. The summed E-state index contributed by atoms with van der Waals surface area (Å²) in [6.07, 6.45) is 0.565. The average Bonchev–Trinajstić information content (AvgIpc) is 3.13. The minimum absolute atomic E-state index is 0.100. The van der Waals surface area contributed by atoms with Crippen LogP contribution in [0, 0.1) is 11.7 Å². The topological polar surface area (TPSA) is 62.4 Å². The van der Waals surface area contributed by atoms with Gasteiger partial charge in [0.1, 0.15) is 11.6 Å². The quantitative estimate of drug-likeness (QED) is 0.692. The summed E-state index contributed by atoms with van der Waals surface area (Å²) in [4.78, 5) is 12.5. The fourth-order valence-corrected chi connectivity index (χ4v) is 3.03. The molecule has 1 aliphatic rings. The summed E-state index contributed by atoms with van der Waals surface area (Å²) in [6.45, 7) is -1.97. The third-order valence-corrected chi connectivity index (χ3v) is 4.41. The van der Waals surface area contributed by atoms with Gasteiger partial charge in [0.2, 0.25) is 5.91 Å². The molecule has 2 unspecified atom stereocenters. The second kappa shape index (κ2) is 8.88. The number of hydrogen-bond donors (Lipinski definition) is 3. The molecule has 0 radical (unpaired) electrons. The van der Waals surface area contributed by atoms with Crippen LogP contribution in [0.2, 0.25) is 0 Å². The molecule has 27 heavy (non-hydrogen) atoms. The van der Waals surface area contributed by atoms with Crippen LogP contribution in [0.3, 0.4) is 0 Å². The fraction of sp³-hybridized carbons (Fsp3) is 0.316. The highest BCUT2D eigenvalue weighted by molar-refractivity contribution is 5.80. The Morgan fingerprint density at radius 1 is 1.15 bits per heavy atom. The Morgan fingerprint density at radius 3 is 2.52 bits per heavy atom. The molecule has 1 fully saturated rings. The molecule has 2 aromatic rings. The van der Waals surface area contributed by atoms with E-state index in [-0.39, 0.29) is 29.4 Å². The number of carbonyl (C=O) groups excluding carboxylic acids is 1. The van der Waals surface area contributed by atoms with Crippen molar-refractivity contribution >= 4 is 5.91 Å². The van der Waals surface area contributed by atoms with Crippen LogP contribution in [0.1, 0.15) is 17.2 Å². The van der Waals surface area contributed by atoms with Gasteiger partial charge in [-0.25, -0.2) is 9.82 Å². The van der Waals surface area contributed by atoms with Crippen molar-refractivity contribution in [2.75, 3.05) is 13.1 Å². The summed E-state index contributed by atoms with van der Waals surface area (Å²) < 4.78 is 41.7. The predicted molar refractivity (Wildman–Crippen MR) is 93.6 cm³/mol. The monoisotopic (exact) mass is 379 g/mol. The second-order valence-corrected chi connectivity index (χ2v) is 6.22. The average molecular weight is 379 g/mol. The van der Waals surface area contributed by atoms with Gasteiger partial charge in [0.25, 0.3) is 0 Å². The van der Waals surface area contributed by atoms with Crippen molar-refractivity contribution in [3.05, 3.63) is 65.5 Å². The molecule has 1 saturated heterocycles. The van der Waals surface area contributed by atoms with Gasteiger partial charge in [-0.1, -0.05) is 24.3 Å². The van der Waals surface area contributed by atoms with Gasteiger partial charge < -0.3 is 10.1 Å². The third-order valence-electron chi connectivity index (χ3n) is 4.41. The SMILES string of the molecule is O=C(NCCc1ccc(OC(F)F)cc1)C1CNNC1c1ccc(F)cc1. The molecule has 3 rings (SSSR count). The Kier molecular flexibility index (Phi) is 6.31. The maximum Gasteiger partial charge on any atom is 0.387 e. The highest BCUT2D eigenvalue weighted by Gasteiger charge is 2.33. The molecule has 8 heteroatoms. The van der Waals surface area contributed by atoms with Gasteiger partial charge in [-0.2, -0.15) is 8.78 Å². The van der Waals surface area contributed by atoms with Crippen LogP contribution < -0.4 is 20.9 Å². The van der Waals surface area contributed by atoms with Gasteiger partial charge in [0.05, 0.1) is 12.0 Å². The van der Waals surface area contributed by atoms with Crippen LogP contribution in [0.5, 0.6) is 5.75 Å². The number of ether oxygens (including phenoxy) is 1. The minimum Gasteiger partial charge on any atom is -0.435 e. The number of carbonyl (C=O) groups is 1. The number of amides is 1. The number of nitrogens with one attached hydrogen (secondary N) is 3. The first-order valence-corrected chi connectivity index (χ1v) is 8.58. The number of rotatable bonds is 7. The Morgan fingerprint density at radius 2 is 1.85 bits per heavy atom. The molecule has 0 bridgehead atoms. The van der Waals surface area contributed by atoms with E-state index < -0.39 is 6.61 Å². The first kappa shape index (κ1) is 19.2. The highest BCUT2D eigenvalue weighted by Crippen LogP contribution is 2.25. The van der Waals surface area contributed by atoms with E-state index in [1.54, 1.807) is 24.3 Å². The molecule has 2 atom stereocenters. The van der Waals surface area contributed by atoms with Crippen LogP contribution in [0.15, 0.2) is 48.5 Å². The van der Waals surface area contributed by atoms with Crippen LogP contribution in [-0.4, -0.2) is 25.6 Å². The molecule has 1 amide bonds. The van der Waals surface area contributed by atoms with Gasteiger partial charge in [-0.05, 0) is 41.8 Å². The van der Waals surface area contributed by atoms with Gasteiger partial charge >= 0.3 is 6.61 Å². The lowest BCUT2D eigenvalue weighted by Gasteiger charge is -2.18. The minimum atomic E-state index is -2.85. The highest BCUT2D eigenvalue weighted by atomic mass is 19.3. The molecule has 5 nitrogen and oxygen atoms in total. The van der Waals surface area contributed by atoms with E-state index >= 15 is 0 Å². The van der Waals surface area contributed by atoms with Crippen molar-refractivity contribution in [1.29, 1.82) is 0 Å². The number of hydrazine groups is 1. The van der Waals surface area contributed by atoms with Crippen molar-refractivity contribution in [2.45, 2.75) is 19.1 Å². The molecule has 0 saturated carbocycles. The Hall–Kier alpha value is -2.58. The van der Waals surface area contributed by atoms with E-state index in [1.807, 2.05) is 0 Å². The van der Waals surface area contributed by atoms with Gasteiger partial charge in [0.15, 0.2) is 0 Å². The van der Waals surface area contributed by atoms with Crippen molar-refractivity contribution in [3.63, 3.8) is 0 Å². The molecule has 3 N–H and O–H groups in total. The van der Waals surface area contributed by atoms with Crippen LogP contribution in [-0.2, 0) is 11.2 Å². The number of halogens is 3. The predicted octanol–water partition coefficient (Wildman–Crippen LogP) is 2.55. The zero-order valence-corrected chi connectivity index (χ0v) is 14.4. The fourth-order valence-electron chi connectivity index (χ4n) is 3.03. The first-order valence-electron chi connectivity index (χ1n) is 8.58. The van der Waals surface area contributed by atoms with E-state index in [2.05, 4.69) is 20.9 Å². The smallest absolute Gasteiger partial charge is 0.387 e. The summed E-state index contributed by atoms with van der Waals surface area (Å²) >= 11 is 0. The van der Waals surface area contributed by atoms with Crippen LogP contribution >= 0.6 is 0 Å². The third kappa shape index (κ3) is 5.21. The molecular weight excluding hydrogens is 359 g/mol. The maximum absolute atomic E-state index is 13.1. The standard InChI is InChI=1S/C19H20F3N3O2/c20-14-5-3-13(4-6-14)17-16(11-24-25-17)18(26)23-10-9-12-1-7-15(8-2-12)27-19(21)22/h1-8,16-17,19,24-25H,9-11H2,(H,23,26). The summed E-state index contributed by atoms with van der Waals surface area (Å²) in [6, 6.07) is 12.1. The van der Waals surface area contributed by atoms with Gasteiger partial charge in [-0.3, -0.25) is 10.2 Å². The Bertz CT molecular complexity index is 754. The summed E-state index contributed by atoms with van der Waals surface area (Å²) in [5, 5.41) is 2.89. The zero-order chi connectivity index (χ0) is 19.2. The molecule has 1 aliphatic heterocycles. The number of hydrogen-bond acceptors (Lipinski definition) is 4. The van der Waals surface area contributed by atoms with E-state index in [1.165, 1.54) is 24.3 Å². The maximum atomic E-state index is 13.1. The van der Waals surface area contributed by atoms with Crippen molar-refractivity contribution < 1.29 is 22.7 Å².